The number of carbonyl (C=O) groups is 3. The van der Waals surface area contributed by atoms with Crippen LogP contribution in [0.2, 0.25) is 0 Å². The number of nitrogens with zero attached hydrogens (tertiary/aromatic N) is 2. The third-order valence-corrected chi connectivity index (χ3v) is 8.45. The van der Waals surface area contributed by atoms with E-state index in [4.69, 9.17) is 9.47 Å². The second-order valence-electron chi connectivity index (χ2n) is 8.82. The van der Waals surface area contributed by atoms with Gasteiger partial charge in [0.2, 0.25) is 15.9 Å². The molecule has 37 heavy (non-hydrogen) atoms. The number of urea groups is 1. The maximum atomic E-state index is 13.3. The number of rotatable bonds is 8. The van der Waals surface area contributed by atoms with Crippen molar-refractivity contribution in [3.63, 3.8) is 0 Å². The zero-order chi connectivity index (χ0) is 26.8. The van der Waals surface area contributed by atoms with Crippen molar-refractivity contribution in [3.05, 3.63) is 48.0 Å². The fourth-order valence-corrected chi connectivity index (χ4v) is 5.74. The van der Waals surface area contributed by atoms with E-state index in [-0.39, 0.29) is 4.90 Å². The zero-order valence-corrected chi connectivity index (χ0v) is 21.8. The second-order valence-corrected chi connectivity index (χ2v) is 10.8. The highest BCUT2D eigenvalue weighted by Crippen LogP contribution is 2.36. The molecular weight excluding hydrogens is 500 g/mol. The van der Waals surface area contributed by atoms with Crippen molar-refractivity contribution >= 4 is 33.6 Å². The van der Waals surface area contributed by atoms with Crippen LogP contribution in [0.3, 0.4) is 0 Å². The van der Waals surface area contributed by atoms with Crippen LogP contribution in [-0.4, -0.2) is 68.3 Å². The Morgan fingerprint density at radius 3 is 2.35 bits per heavy atom. The number of hydrogen-bond acceptors (Lipinski definition) is 7. The lowest BCUT2D eigenvalue weighted by Crippen LogP contribution is -2.42. The first kappa shape index (κ1) is 26.4. The highest BCUT2D eigenvalue weighted by Gasteiger charge is 2.49. The summed E-state index contributed by atoms with van der Waals surface area (Å²) in [5.74, 6) is -0.136. The second kappa shape index (κ2) is 10.4. The lowest BCUT2D eigenvalue weighted by Gasteiger charge is -2.23. The van der Waals surface area contributed by atoms with Crippen LogP contribution < -0.4 is 20.1 Å². The van der Waals surface area contributed by atoms with E-state index in [0.29, 0.717) is 49.1 Å². The molecule has 2 aliphatic rings. The minimum Gasteiger partial charge on any atom is -0.490 e. The van der Waals surface area contributed by atoms with Crippen LogP contribution >= 0.6 is 0 Å². The van der Waals surface area contributed by atoms with Crippen LogP contribution in [0.4, 0.5) is 10.5 Å². The van der Waals surface area contributed by atoms with E-state index in [9.17, 15) is 22.8 Å². The predicted octanol–water partition coefficient (Wildman–Crippen LogP) is 2.28. The van der Waals surface area contributed by atoms with E-state index in [2.05, 4.69) is 10.6 Å². The number of ether oxygens (including phenoxy) is 2. The maximum Gasteiger partial charge on any atom is 0.325 e. The van der Waals surface area contributed by atoms with Gasteiger partial charge in [0.05, 0.1) is 18.1 Å². The summed E-state index contributed by atoms with van der Waals surface area (Å²) >= 11 is 0. The van der Waals surface area contributed by atoms with Crippen molar-refractivity contribution in [1.82, 2.24) is 14.5 Å². The van der Waals surface area contributed by atoms with Crippen molar-refractivity contribution in [1.29, 1.82) is 0 Å². The van der Waals surface area contributed by atoms with E-state index in [1.165, 1.54) is 28.6 Å². The average Bonchev–Trinajstić information content (AvgIpc) is 3.02. The summed E-state index contributed by atoms with van der Waals surface area (Å²) in [6.07, 6.45) is 0.730. The van der Waals surface area contributed by atoms with E-state index < -0.39 is 40.0 Å². The molecule has 4 amide bonds. The molecule has 11 nitrogen and oxygen atoms in total. The van der Waals surface area contributed by atoms with Crippen LogP contribution in [0.25, 0.3) is 0 Å². The molecule has 12 heteroatoms. The van der Waals surface area contributed by atoms with Gasteiger partial charge in [0.1, 0.15) is 12.1 Å². The van der Waals surface area contributed by atoms with Gasteiger partial charge < -0.3 is 20.1 Å². The first-order valence-corrected chi connectivity index (χ1v) is 13.5. The van der Waals surface area contributed by atoms with Gasteiger partial charge in [-0.2, -0.15) is 4.31 Å². The predicted molar refractivity (Wildman–Crippen MR) is 135 cm³/mol. The van der Waals surface area contributed by atoms with E-state index in [0.717, 1.165) is 11.3 Å². The van der Waals surface area contributed by atoms with Gasteiger partial charge in [-0.1, -0.05) is 19.9 Å². The Morgan fingerprint density at radius 2 is 1.70 bits per heavy atom. The third-order valence-electron chi connectivity index (χ3n) is 6.38. The summed E-state index contributed by atoms with van der Waals surface area (Å²) in [4.78, 5) is 39.5. The Labute approximate surface area is 215 Å². The number of nitrogens with one attached hydrogen (secondary N) is 2. The molecule has 2 aromatic carbocycles. The van der Waals surface area contributed by atoms with Crippen molar-refractivity contribution in [3.8, 4) is 11.5 Å². The molecule has 0 spiro atoms. The summed E-state index contributed by atoms with van der Waals surface area (Å²) < 4.78 is 37.9. The molecule has 0 saturated carbocycles. The first-order valence-electron chi connectivity index (χ1n) is 12.0. The summed E-state index contributed by atoms with van der Waals surface area (Å²) in [6, 6.07) is 10.1. The van der Waals surface area contributed by atoms with Gasteiger partial charge >= 0.3 is 6.03 Å². The van der Waals surface area contributed by atoms with Gasteiger partial charge in [-0.3, -0.25) is 14.5 Å². The fraction of sp³-hybridized carbons (Fsp3) is 0.400. The van der Waals surface area contributed by atoms with Crippen molar-refractivity contribution in [2.24, 2.45) is 0 Å². The number of benzene rings is 2. The Balaban J connectivity index is 1.44. The summed E-state index contributed by atoms with van der Waals surface area (Å²) in [6.45, 7) is 6.25. The Hall–Kier alpha value is -3.64. The van der Waals surface area contributed by atoms with Crippen LogP contribution in [0.5, 0.6) is 11.5 Å². The largest absolute Gasteiger partial charge is 0.490 e. The lowest BCUT2D eigenvalue weighted by atomic mass is 9.91. The van der Waals surface area contributed by atoms with Crippen LogP contribution in [0.1, 0.15) is 32.8 Å². The van der Waals surface area contributed by atoms with Crippen molar-refractivity contribution in [2.45, 2.75) is 37.6 Å². The average molecular weight is 531 g/mol. The number of amides is 4. The zero-order valence-electron chi connectivity index (χ0n) is 20.9. The molecule has 2 aromatic rings. The van der Waals surface area contributed by atoms with E-state index in [1.807, 2.05) is 0 Å². The highest BCUT2D eigenvalue weighted by atomic mass is 32.2. The molecule has 2 aliphatic heterocycles. The lowest BCUT2D eigenvalue weighted by molar-refractivity contribution is -0.133. The summed E-state index contributed by atoms with van der Waals surface area (Å²) in [7, 11) is -3.63. The van der Waals surface area contributed by atoms with E-state index in [1.54, 1.807) is 39.0 Å². The molecule has 2 N–H and O–H groups in total. The number of anilines is 1. The molecule has 1 fully saturated rings. The van der Waals surface area contributed by atoms with Crippen molar-refractivity contribution in [2.75, 3.05) is 38.2 Å². The fourth-order valence-electron chi connectivity index (χ4n) is 4.28. The third kappa shape index (κ3) is 5.12. The van der Waals surface area contributed by atoms with Gasteiger partial charge in [-0.15, -0.1) is 0 Å². The molecule has 0 radical (unpaired) electrons. The van der Waals surface area contributed by atoms with Crippen LogP contribution in [0.15, 0.2) is 47.4 Å². The van der Waals surface area contributed by atoms with Gasteiger partial charge in [0.15, 0.2) is 11.5 Å². The smallest absolute Gasteiger partial charge is 0.325 e. The normalized spacial score (nSPS) is 19.5. The number of carbonyl (C=O) groups excluding carboxylic acids is 3. The summed E-state index contributed by atoms with van der Waals surface area (Å²) in [5.41, 5.74) is -0.549. The van der Waals surface area contributed by atoms with Gasteiger partial charge in [0.25, 0.3) is 5.91 Å². The molecule has 4 rings (SSSR count). The number of sulfonamides is 1. The van der Waals surface area contributed by atoms with Crippen LogP contribution in [-0.2, 0) is 25.2 Å². The van der Waals surface area contributed by atoms with E-state index >= 15 is 0 Å². The molecule has 1 saturated heterocycles. The van der Waals surface area contributed by atoms with Crippen molar-refractivity contribution < 1.29 is 32.3 Å². The molecule has 1 atom stereocenters. The van der Waals surface area contributed by atoms with Crippen LogP contribution in [0, 0.1) is 0 Å². The SMILES string of the molecule is CCN(CC)S(=O)(=O)c1ccc(NC(=O)CN2C(=O)N[C@@](C)(c3ccc4c(c3)OCCCO4)C2=O)cc1. The molecule has 0 unspecified atom stereocenters. The highest BCUT2D eigenvalue weighted by molar-refractivity contribution is 7.89. The molecule has 2 heterocycles. The molecule has 0 aromatic heterocycles. The molecular formula is C25H30N4O7S. The minimum atomic E-state index is -3.63. The Bertz CT molecular complexity index is 1310. The molecule has 198 valence electrons. The monoisotopic (exact) mass is 530 g/mol. The van der Waals surface area contributed by atoms with Gasteiger partial charge in [-0.05, 0) is 48.9 Å². The first-order chi connectivity index (χ1) is 17.6. The number of imide groups is 1. The van der Waals surface area contributed by atoms with Gasteiger partial charge in [0, 0.05) is 25.2 Å². The Kier molecular flexibility index (Phi) is 7.42. The standard InChI is InChI=1S/C25H30N4O7S/c1-4-28(5-2)37(33,34)19-10-8-18(9-11-19)26-22(30)16-29-23(31)25(3,27-24(29)32)17-7-12-20-21(15-17)36-14-6-13-35-20/h7-12,15H,4-6,13-14,16H2,1-3H3,(H,26,30)(H,27,32)/t25-/m0/s1. The topological polar surface area (TPSA) is 134 Å². The quantitative estimate of drug-likeness (QED) is 0.500. The number of hydrogen-bond donors (Lipinski definition) is 2. The number of fused-ring (bicyclic) bond motifs is 1. The summed E-state index contributed by atoms with van der Waals surface area (Å²) in [5, 5.41) is 5.28. The molecule has 0 bridgehead atoms. The maximum absolute atomic E-state index is 13.3. The Morgan fingerprint density at radius 1 is 1.05 bits per heavy atom. The molecule has 0 aliphatic carbocycles. The van der Waals surface area contributed by atoms with Gasteiger partial charge in [-0.25, -0.2) is 13.2 Å². The minimum absolute atomic E-state index is 0.106.